The van der Waals surface area contributed by atoms with E-state index < -0.39 is 17.2 Å². The van der Waals surface area contributed by atoms with E-state index in [0.29, 0.717) is 18.2 Å². The number of hydrogen-bond donors (Lipinski definition) is 3. The van der Waals surface area contributed by atoms with Crippen LogP contribution in [0.15, 0.2) is 24.3 Å². The molecule has 0 saturated carbocycles. The normalized spacial score (nSPS) is 14.2. The van der Waals surface area contributed by atoms with E-state index in [-0.39, 0.29) is 6.61 Å². The number of aliphatic hydroxyl groups is 2. The van der Waals surface area contributed by atoms with Gasteiger partial charge >= 0.3 is 0 Å². The zero-order chi connectivity index (χ0) is 16.1. The van der Waals surface area contributed by atoms with E-state index in [9.17, 15) is 10.2 Å². The molecule has 0 aliphatic rings. The van der Waals surface area contributed by atoms with Gasteiger partial charge in [-0.3, -0.25) is 0 Å². The lowest BCUT2D eigenvalue weighted by Crippen LogP contribution is -2.57. The second-order valence-corrected chi connectivity index (χ2v) is 6.80. The van der Waals surface area contributed by atoms with Crippen molar-refractivity contribution in [2.45, 2.75) is 51.5 Å². The van der Waals surface area contributed by atoms with Crippen molar-refractivity contribution >= 4 is 11.6 Å². The average Bonchev–Trinajstić information content (AvgIpc) is 2.37. The molecule has 0 bridgehead atoms. The lowest BCUT2D eigenvalue weighted by molar-refractivity contribution is -0.0190. The summed E-state index contributed by atoms with van der Waals surface area (Å²) in [6.07, 6.45) is -0.626. The summed E-state index contributed by atoms with van der Waals surface area (Å²) in [6.45, 7) is 8.30. The number of rotatable bonds is 8. The van der Waals surface area contributed by atoms with Crippen LogP contribution in [0.3, 0.4) is 0 Å². The van der Waals surface area contributed by atoms with E-state index in [1.54, 1.807) is 13.8 Å². The number of hydrogen-bond acceptors (Lipinski definition) is 4. The van der Waals surface area contributed by atoms with Crippen molar-refractivity contribution in [3.05, 3.63) is 34.9 Å². The first-order valence-electron chi connectivity index (χ1n) is 7.09. The Kier molecular flexibility index (Phi) is 6.63. The van der Waals surface area contributed by atoms with Gasteiger partial charge in [0.2, 0.25) is 0 Å². The molecule has 0 heterocycles. The van der Waals surface area contributed by atoms with Gasteiger partial charge in [0.05, 0.1) is 24.9 Å². The summed E-state index contributed by atoms with van der Waals surface area (Å²) in [7, 11) is 0. The maximum atomic E-state index is 10.0. The number of benzene rings is 1. The van der Waals surface area contributed by atoms with Crippen molar-refractivity contribution in [1.29, 1.82) is 0 Å². The highest BCUT2D eigenvalue weighted by Crippen LogP contribution is 2.20. The molecule has 1 aromatic rings. The first-order valence-corrected chi connectivity index (χ1v) is 7.47. The standard InChI is InChI=1S/C16H26ClNO3/c1-15(2,16(3,4)20)18-9-14(19)11-21-10-12-5-7-13(17)8-6-12/h5-8,14,18-20H,9-11H2,1-4H3. The molecule has 3 N–H and O–H groups in total. The summed E-state index contributed by atoms with van der Waals surface area (Å²) in [5.74, 6) is 0. The van der Waals surface area contributed by atoms with Crippen LogP contribution in [0.1, 0.15) is 33.3 Å². The van der Waals surface area contributed by atoms with Gasteiger partial charge in [-0.05, 0) is 45.4 Å². The highest BCUT2D eigenvalue weighted by Gasteiger charge is 2.34. The van der Waals surface area contributed by atoms with E-state index in [1.807, 2.05) is 38.1 Å². The van der Waals surface area contributed by atoms with Crippen LogP contribution in [-0.2, 0) is 11.3 Å². The number of β-amino-alcohol motifs (C(OH)–C–C–N with tert-alkyl or cyclic N) is 1. The number of ether oxygens (including phenoxy) is 1. The Hall–Kier alpha value is -0.650. The molecule has 0 spiro atoms. The second-order valence-electron chi connectivity index (χ2n) is 6.36. The van der Waals surface area contributed by atoms with Gasteiger partial charge in [-0.2, -0.15) is 0 Å². The molecular formula is C16H26ClNO3. The Labute approximate surface area is 132 Å². The van der Waals surface area contributed by atoms with E-state index in [0.717, 1.165) is 5.56 Å². The first-order chi connectivity index (χ1) is 9.62. The van der Waals surface area contributed by atoms with Gasteiger partial charge in [-0.25, -0.2) is 0 Å². The van der Waals surface area contributed by atoms with E-state index >= 15 is 0 Å². The lowest BCUT2D eigenvalue weighted by Gasteiger charge is -2.38. The fraction of sp³-hybridized carbons (Fsp3) is 0.625. The lowest BCUT2D eigenvalue weighted by atomic mass is 9.86. The molecule has 1 atom stereocenters. The van der Waals surface area contributed by atoms with E-state index in [4.69, 9.17) is 16.3 Å². The van der Waals surface area contributed by atoms with Crippen LogP contribution in [0.25, 0.3) is 0 Å². The van der Waals surface area contributed by atoms with Crippen molar-refractivity contribution in [3.63, 3.8) is 0 Å². The topological polar surface area (TPSA) is 61.7 Å². The Morgan fingerprint density at radius 1 is 1.19 bits per heavy atom. The molecular weight excluding hydrogens is 290 g/mol. The summed E-state index contributed by atoms with van der Waals surface area (Å²) in [4.78, 5) is 0. The van der Waals surface area contributed by atoms with Gasteiger partial charge in [0.25, 0.3) is 0 Å². The van der Waals surface area contributed by atoms with Gasteiger partial charge in [0, 0.05) is 17.1 Å². The molecule has 4 nitrogen and oxygen atoms in total. The molecule has 5 heteroatoms. The third-order valence-corrected chi connectivity index (χ3v) is 4.05. The third kappa shape index (κ3) is 6.32. The number of aliphatic hydroxyl groups excluding tert-OH is 1. The van der Waals surface area contributed by atoms with Gasteiger partial charge in [-0.15, -0.1) is 0 Å². The minimum Gasteiger partial charge on any atom is -0.389 e. The maximum Gasteiger partial charge on any atom is 0.0898 e. The smallest absolute Gasteiger partial charge is 0.0898 e. The summed E-state index contributed by atoms with van der Waals surface area (Å²) < 4.78 is 5.48. The van der Waals surface area contributed by atoms with Crippen molar-refractivity contribution in [2.75, 3.05) is 13.2 Å². The van der Waals surface area contributed by atoms with Crippen molar-refractivity contribution < 1.29 is 14.9 Å². The Balaban J connectivity index is 2.28. The van der Waals surface area contributed by atoms with Crippen LogP contribution in [0.2, 0.25) is 5.02 Å². The molecule has 1 aromatic carbocycles. The van der Waals surface area contributed by atoms with Crippen LogP contribution in [0, 0.1) is 0 Å². The quantitative estimate of drug-likeness (QED) is 0.689. The van der Waals surface area contributed by atoms with Gasteiger partial charge in [0.1, 0.15) is 0 Å². The molecule has 1 unspecified atom stereocenters. The van der Waals surface area contributed by atoms with Gasteiger partial charge in [-0.1, -0.05) is 23.7 Å². The van der Waals surface area contributed by atoms with Crippen LogP contribution >= 0.6 is 11.6 Å². The fourth-order valence-electron chi connectivity index (χ4n) is 1.54. The molecule has 0 aliphatic heterocycles. The summed E-state index contributed by atoms with van der Waals surface area (Å²) >= 11 is 5.81. The van der Waals surface area contributed by atoms with E-state index in [2.05, 4.69) is 5.32 Å². The molecule has 1 rings (SSSR count). The zero-order valence-corrected chi connectivity index (χ0v) is 13.9. The van der Waals surface area contributed by atoms with Crippen LogP contribution in [0.5, 0.6) is 0 Å². The molecule has 21 heavy (non-hydrogen) atoms. The SMILES string of the molecule is CC(C)(O)C(C)(C)NCC(O)COCc1ccc(Cl)cc1. The van der Waals surface area contributed by atoms with Crippen molar-refractivity contribution in [2.24, 2.45) is 0 Å². The Morgan fingerprint density at radius 3 is 2.29 bits per heavy atom. The number of halogens is 1. The predicted molar refractivity (Wildman–Crippen MR) is 85.5 cm³/mol. The van der Waals surface area contributed by atoms with E-state index in [1.165, 1.54) is 0 Å². The summed E-state index contributed by atoms with van der Waals surface area (Å²) in [5, 5.41) is 23.8. The van der Waals surface area contributed by atoms with Crippen LogP contribution in [-0.4, -0.2) is 40.6 Å². The highest BCUT2D eigenvalue weighted by atomic mass is 35.5. The third-order valence-electron chi connectivity index (χ3n) is 3.80. The molecule has 0 amide bonds. The van der Waals surface area contributed by atoms with Crippen molar-refractivity contribution in [3.8, 4) is 0 Å². The van der Waals surface area contributed by atoms with Gasteiger partial charge in [0.15, 0.2) is 0 Å². The average molecular weight is 316 g/mol. The molecule has 0 aliphatic carbocycles. The second kappa shape index (κ2) is 7.56. The minimum atomic E-state index is -0.878. The molecule has 0 saturated heterocycles. The minimum absolute atomic E-state index is 0.234. The maximum absolute atomic E-state index is 10.0. The van der Waals surface area contributed by atoms with Gasteiger partial charge < -0.3 is 20.3 Å². The Bertz CT molecular complexity index is 426. The Morgan fingerprint density at radius 2 is 1.76 bits per heavy atom. The number of nitrogens with one attached hydrogen (secondary N) is 1. The fourth-order valence-corrected chi connectivity index (χ4v) is 1.67. The van der Waals surface area contributed by atoms with Crippen LogP contribution in [0.4, 0.5) is 0 Å². The van der Waals surface area contributed by atoms with Crippen LogP contribution < -0.4 is 5.32 Å². The summed E-state index contributed by atoms with van der Waals surface area (Å²) in [5.41, 5.74) is -0.363. The predicted octanol–water partition coefficient (Wildman–Crippen LogP) is 2.36. The molecule has 0 fully saturated rings. The largest absolute Gasteiger partial charge is 0.389 e. The summed E-state index contributed by atoms with van der Waals surface area (Å²) in [6, 6.07) is 7.41. The van der Waals surface area contributed by atoms with Crippen molar-refractivity contribution in [1.82, 2.24) is 5.32 Å². The molecule has 0 aromatic heterocycles. The highest BCUT2D eigenvalue weighted by molar-refractivity contribution is 6.30. The zero-order valence-electron chi connectivity index (χ0n) is 13.2. The monoisotopic (exact) mass is 315 g/mol. The molecule has 0 radical (unpaired) electrons. The first kappa shape index (κ1) is 18.4. The molecule has 120 valence electrons.